The van der Waals surface area contributed by atoms with Gasteiger partial charge in [-0.3, -0.25) is 4.79 Å². The van der Waals surface area contributed by atoms with Crippen molar-refractivity contribution in [1.29, 1.82) is 0 Å². The Labute approximate surface area is 155 Å². The first-order chi connectivity index (χ1) is 12.5. The van der Waals surface area contributed by atoms with Gasteiger partial charge in [0.05, 0.1) is 11.9 Å². The van der Waals surface area contributed by atoms with Gasteiger partial charge in [0.15, 0.2) is 6.10 Å². The fraction of sp³-hybridized carbons (Fsp3) is 0.316. The van der Waals surface area contributed by atoms with E-state index in [2.05, 4.69) is 9.97 Å². The van der Waals surface area contributed by atoms with Crippen LogP contribution in [0.15, 0.2) is 30.6 Å². The highest BCUT2D eigenvalue weighted by molar-refractivity contribution is 7.19. The van der Waals surface area contributed by atoms with E-state index in [0.29, 0.717) is 24.7 Å². The average molecular weight is 368 g/mol. The van der Waals surface area contributed by atoms with Crippen LogP contribution in [0, 0.1) is 6.92 Å². The van der Waals surface area contributed by atoms with Crippen LogP contribution in [0.4, 0.5) is 5.82 Å². The third-order valence-corrected chi connectivity index (χ3v) is 5.78. The molecule has 1 aromatic carbocycles. The second-order valence-corrected chi connectivity index (χ2v) is 7.61. The van der Waals surface area contributed by atoms with Gasteiger partial charge in [0.2, 0.25) is 0 Å². The number of rotatable bonds is 3. The number of ether oxygens (including phenoxy) is 1. The van der Waals surface area contributed by atoms with Gasteiger partial charge < -0.3 is 15.4 Å². The quantitative estimate of drug-likeness (QED) is 0.769. The monoisotopic (exact) mass is 368 g/mol. The number of carbonyl (C=O) groups is 1. The van der Waals surface area contributed by atoms with Crippen LogP contribution in [0.2, 0.25) is 0 Å². The summed E-state index contributed by atoms with van der Waals surface area (Å²) < 4.78 is 5.82. The molecule has 0 bridgehead atoms. The molecular formula is C19H20N4O2S. The third kappa shape index (κ3) is 2.99. The Bertz CT molecular complexity index is 968. The van der Waals surface area contributed by atoms with E-state index in [1.54, 1.807) is 18.3 Å². The smallest absolute Gasteiger partial charge is 0.263 e. The Kier molecular flexibility index (Phi) is 4.24. The summed E-state index contributed by atoms with van der Waals surface area (Å²) in [6, 6.07) is 7.73. The zero-order chi connectivity index (χ0) is 18.3. The Morgan fingerprint density at radius 2 is 2.08 bits per heavy atom. The van der Waals surface area contributed by atoms with Crippen LogP contribution < -0.4 is 10.5 Å². The van der Waals surface area contributed by atoms with Crippen molar-refractivity contribution in [2.24, 2.45) is 0 Å². The second-order valence-electron chi connectivity index (χ2n) is 6.53. The highest BCUT2D eigenvalue weighted by atomic mass is 32.1. The van der Waals surface area contributed by atoms with Crippen LogP contribution in [0.5, 0.6) is 5.75 Å². The van der Waals surface area contributed by atoms with Crippen LogP contribution in [0.3, 0.4) is 0 Å². The van der Waals surface area contributed by atoms with Gasteiger partial charge in [-0.2, -0.15) is 0 Å². The van der Waals surface area contributed by atoms with Crippen molar-refractivity contribution < 1.29 is 9.53 Å². The summed E-state index contributed by atoms with van der Waals surface area (Å²) in [4.78, 5) is 25.1. The van der Waals surface area contributed by atoms with Gasteiger partial charge in [0.25, 0.3) is 5.91 Å². The first-order valence-electron chi connectivity index (χ1n) is 8.56. The largest absolute Gasteiger partial charge is 0.481 e. The summed E-state index contributed by atoms with van der Waals surface area (Å²) in [6.45, 7) is 5.03. The number of benzene rings is 1. The van der Waals surface area contributed by atoms with Gasteiger partial charge in [0.1, 0.15) is 22.7 Å². The molecular weight excluding hydrogens is 348 g/mol. The molecule has 1 aliphatic rings. The van der Waals surface area contributed by atoms with E-state index in [4.69, 9.17) is 10.5 Å². The van der Waals surface area contributed by atoms with Gasteiger partial charge in [-0.1, -0.05) is 17.7 Å². The molecule has 0 radical (unpaired) electrons. The zero-order valence-corrected chi connectivity index (χ0v) is 15.5. The summed E-state index contributed by atoms with van der Waals surface area (Å²) in [6.07, 6.45) is 1.72. The number of amides is 1. The Morgan fingerprint density at radius 1 is 1.31 bits per heavy atom. The lowest BCUT2D eigenvalue weighted by Gasteiger charge is -2.29. The number of hydrogen-bond donors (Lipinski definition) is 1. The lowest BCUT2D eigenvalue weighted by Crippen LogP contribution is -2.42. The first kappa shape index (κ1) is 16.8. The Balaban J connectivity index is 1.51. The summed E-state index contributed by atoms with van der Waals surface area (Å²) >= 11 is 1.59. The number of thiophene rings is 1. The van der Waals surface area contributed by atoms with Crippen LogP contribution in [0.25, 0.3) is 10.2 Å². The minimum Gasteiger partial charge on any atom is -0.481 e. The van der Waals surface area contributed by atoms with Crippen molar-refractivity contribution >= 4 is 33.3 Å². The minimum absolute atomic E-state index is 0.00672. The van der Waals surface area contributed by atoms with Crippen molar-refractivity contribution in [2.45, 2.75) is 32.9 Å². The summed E-state index contributed by atoms with van der Waals surface area (Å²) in [5, 5.41) is 0.948. The molecule has 0 spiro atoms. The molecule has 3 heterocycles. The number of nitrogens with two attached hydrogens (primary N) is 1. The number of carbonyl (C=O) groups excluding carboxylic acids is 1. The number of nitrogen functional groups attached to an aromatic ring is 1. The standard InChI is InChI=1S/C19H20N4O2S/c1-11-3-5-13(6-4-11)25-12(2)19(24)23-8-7-14-15(9-23)26-18-16(14)17(20)21-10-22-18/h3-6,10,12H,7-9H2,1-2H3,(H2,20,21,22)/t12-/m1/s1. The van der Waals surface area contributed by atoms with Gasteiger partial charge in [-0.15, -0.1) is 11.3 Å². The second kappa shape index (κ2) is 6.57. The van der Waals surface area contributed by atoms with Gasteiger partial charge in [-0.05, 0) is 38.0 Å². The average Bonchev–Trinajstić information content (AvgIpc) is 3.01. The minimum atomic E-state index is -0.529. The number of fused-ring (bicyclic) bond motifs is 3. The molecule has 0 unspecified atom stereocenters. The normalized spacial score (nSPS) is 14.9. The first-order valence-corrected chi connectivity index (χ1v) is 9.37. The van der Waals surface area contributed by atoms with Crippen molar-refractivity contribution in [3.8, 4) is 5.75 Å². The number of aryl methyl sites for hydroxylation is 1. The molecule has 0 fully saturated rings. The predicted octanol–water partition coefficient (Wildman–Crippen LogP) is 2.93. The SMILES string of the molecule is Cc1ccc(O[C@H](C)C(=O)N2CCc3c(sc4ncnc(N)c34)C2)cc1. The van der Waals surface area contributed by atoms with Crippen LogP contribution in [-0.4, -0.2) is 33.4 Å². The lowest BCUT2D eigenvalue weighted by molar-refractivity contribution is -0.138. The molecule has 3 aromatic rings. The highest BCUT2D eigenvalue weighted by Gasteiger charge is 2.29. The molecule has 4 rings (SSSR count). The van der Waals surface area contributed by atoms with E-state index in [9.17, 15) is 4.79 Å². The van der Waals surface area contributed by atoms with Crippen molar-refractivity contribution in [3.63, 3.8) is 0 Å². The van der Waals surface area contributed by atoms with Gasteiger partial charge in [0, 0.05) is 11.4 Å². The molecule has 26 heavy (non-hydrogen) atoms. The van der Waals surface area contributed by atoms with E-state index in [-0.39, 0.29) is 5.91 Å². The molecule has 0 saturated carbocycles. The Morgan fingerprint density at radius 3 is 2.85 bits per heavy atom. The topological polar surface area (TPSA) is 81.3 Å². The molecule has 2 N–H and O–H groups in total. The predicted molar refractivity (Wildman–Crippen MR) is 102 cm³/mol. The van der Waals surface area contributed by atoms with E-state index in [1.807, 2.05) is 36.1 Å². The van der Waals surface area contributed by atoms with Crippen molar-refractivity contribution in [2.75, 3.05) is 12.3 Å². The molecule has 0 aliphatic carbocycles. The zero-order valence-electron chi connectivity index (χ0n) is 14.7. The van der Waals surface area contributed by atoms with Crippen LogP contribution in [0.1, 0.15) is 22.9 Å². The Hall–Kier alpha value is -2.67. The fourth-order valence-corrected chi connectivity index (χ4v) is 4.48. The lowest BCUT2D eigenvalue weighted by atomic mass is 10.0. The molecule has 134 valence electrons. The van der Waals surface area contributed by atoms with Crippen molar-refractivity contribution in [3.05, 3.63) is 46.6 Å². The number of aromatic nitrogens is 2. The van der Waals surface area contributed by atoms with Crippen LogP contribution >= 0.6 is 11.3 Å². The molecule has 6 nitrogen and oxygen atoms in total. The van der Waals surface area contributed by atoms with Gasteiger partial charge >= 0.3 is 0 Å². The third-order valence-electron chi connectivity index (χ3n) is 4.66. The van der Waals surface area contributed by atoms with Crippen LogP contribution in [-0.2, 0) is 17.8 Å². The molecule has 1 aliphatic heterocycles. The summed E-state index contributed by atoms with van der Waals surface area (Å²) in [5.74, 6) is 1.22. The highest BCUT2D eigenvalue weighted by Crippen LogP contribution is 2.36. The maximum Gasteiger partial charge on any atom is 0.263 e. The number of anilines is 1. The summed E-state index contributed by atoms with van der Waals surface area (Å²) in [7, 11) is 0. The van der Waals surface area contributed by atoms with E-state index >= 15 is 0 Å². The summed E-state index contributed by atoms with van der Waals surface area (Å²) in [5.41, 5.74) is 8.36. The maximum absolute atomic E-state index is 12.8. The van der Waals surface area contributed by atoms with E-state index < -0.39 is 6.10 Å². The molecule has 1 amide bonds. The molecule has 0 saturated heterocycles. The van der Waals surface area contributed by atoms with E-state index in [1.165, 1.54) is 11.9 Å². The molecule has 2 aromatic heterocycles. The fourth-order valence-electron chi connectivity index (χ4n) is 3.27. The number of hydrogen-bond acceptors (Lipinski definition) is 6. The maximum atomic E-state index is 12.8. The molecule has 1 atom stereocenters. The number of nitrogens with zero attached hydrogens (tertiary/aromatic N) is 3. The molecule has 7 heteroatoms. The van der Waals surface area contributed by atoms with Crippen molar-refractivity contribution in [1.82, 2.24) is 14.9 Å². The van der Waals surface area contributed by atoms with Gasteiger partial charge in [-0.25, -0.2) is 9.97 Å². The van der Waals surface area contributed by atoms with E-state index in [0.717, 1.165) is 27.1 Å².